The van der Waals surface area contributed by atoms with Crippen molar-refractivity contribution in [3.63, 3.8) is 0 Å². The van der Waals surface area contributed by atoms with Crippen LogP contribution in [0.4, 0.5) is 39.0 Å². The smallest absolute Gasteiger partial charge is 0.229 e. The van der Waals surface area contributed by atoms with Crippen LogP contribution in [0.5, 0.6) is 0 Å². The molecule has 43 heavy (non-hydrogen) atoms. The number of carbonyl (C=O) groups excluding carboxylic acids is 1. The quantitative estimate of drug-likeness (QED) is 0.222. The summed E-state index contributed by atoms with van der Waals surface area (Å²) in [5.41, 5.74) is 4.41. The number of nitriles is 1. The van der Waals surface area contributed by atoms with Crippen molar-refractivity contribution in [3.8, 4) is 6.07 Å². The molecule has 1 saturated heterocycles. The van der Waals surface area contributed by atoms with E-state index in [1.165, 1.54) is 6.20 Å². The number of aromatic nitrogens is 4. The van der Waals surface area contributed by atoms with E-state index >= 15 is 0 Å². The first-order chi connectivity index (χ1) is 20.8. The molecule has 0 unspecified atom stereocenters. The average Bonchev–Trinajstić information content (AvgIpc) is 3.00. The van der Waals surface area contributed by atoms with Crippen LogP contribution in [-0.4, -0.2) is 38.9 Å². The van der Waals surface area contributed by atoms with Crippen LogP contribution in [0.3, 0.4) is 0 Å². The van der Waals surface area contributed by atoms with Gasteiger partial charge in [0.25, 0.3) is 0 Å². The Morgan fingerprint density at radius 1 is 1.07 bits per heavy atom. The van der Waals surface area contributed by atoms with Crippen LogP contribution in [0, 0.1) is 23.1 Å². The van der Waals surface area contributed by atoms with Crippen LogP contribution in [0.2, 0.25) is 10.2 Å². The number of anilines is 6. The SMILES string of the molecule is N#Cc1cc(F)c(Cl)nc1N1CCC(CC(=O)Nc2ccc3cc2CCc2cncc(c2)Nc2ncc(Cl)c(n2)N3)CC1. The summed E-state index contributed by atoms with van der Waals surface area (Å²) in [5, 5.41) is 19.1. The van der Waals surface area contributed by atoms with Crippen molar-refractivity contribution in [1.82, 2.24) is 19.9 Å². The molecular formula is C30H26Cl2FN9O. The summed E-state index contributed by atoms with van der Waals surface area (Å²) in [4.78, 5) is 32.3. The highest BCUT2D eigenvalue weighted by Gasteiger charge is 2.25. The van der Waals surface area contributed by atoms with Gasteiger partial charge in [0.1, 0.15) is 16.9 Å². The molecule has 6 bridgehead atoms. The third kappa shape index (κ3) is 6.61. The molecule has 1 fully saturated rings. The van der Waals surface area contributed by atoms with Crippen molar-refractivity contribution >= 4 is 63.8 Å². The predicted octanol–water partition coefficient (Wildman–Crippen LogP) is 6.42. The number of halogens is 3. The first-order valence-corrected chi connectivity index (χ1v) is 14.5. The Labute approximate surface area is 257 Å². The zero-order valence-corrected chi connectivity index (χ0v) is 24.4. The number of nitrogens with one attached hydrogen (secondary N) is 3. The van der Waals surface area contributed by atoms with E-state index in [0.717, 1.165) is 47.1 Å². The van der Waals surface area contributed by atoms with Gasteiger partial charge in [-0.05, 0) is 73.1 Å². The van der Waals surface area contributed by atoms with Crippen LogP contribution in [0.1, 0.15) is 36.0 Å². The van der Waals surface area contributed by atoms with Gasteiger partial charge >= 0.3 is 0 Å². The van der Waals surface area contributed by atoms with Crippen LogP contribution in [-0.2, 0) is 17.6 Å². The van der Waals surface area contributed by atoms with Gasteiger partial charge in [0.05, 0.1) is 23.6 Å². The molecule has 3 aromatic heterocycles. The van der Waals surface area contributed by atoms with E-state index in [9.17, 15) is 14.4 Å². The molecule has 6 rings (SSSR count). The zero-order chi connectivity index (χ0) is 29.9. The molecule has 218 valence electrons. The van der Waals surface area contributed by atoms with Crippen LogP contribution in [0.25, 0.3) is 0 Å². The van der Waals surface area contributed by atoms with Crippen molar-refractivity contribution in [2.24, 2.45) is 5.92 Å². The first-order valence-electron chi connectivity index (χ1n) is 13.8. The first kappa shape index (κ1) is 28.6. The molecule has 0 aliphatic carbocycles. The monoisotopic (exact) mass is 617 g/mol. The molecule has 3 N–H and O–H groups in total. The van der Waals surface area contributed by atoms with Crippen LogP contribution < -0.4 is 20.9 Å². The molecule has 10 nitrogen and oxygen atoms in total. The summed E-state index contributed by atoms with van der Waals surface area (Å²) in [5.74, 6) is 0.584. The summed E-state index contributed by atoms with van der Waals surface area (Å²) in [7, 11) is 0. The maximum absolute atomic E-state index is 13.8. The Bertz CT molecular complexity index is 1740. The Morgan fingerprint density at radius 3 is 2.72 bits per heavy atom. The summed E-state index contributed by atoms with van der Waals surface area (Å²) in [6.07, 6.45) is 8.24. The summed E-state index contributed by atoms with van der Waals surface area (Å²) < 4.78 is 13.8. The zero-order valence-electron chi connectivity index (χ0n) is 22.9. The fourth-order valence-electron chi connectivity index (χ4n) is 5.35. The molecule has 0 atom stereocenters. The molecule has 4 aromatic rings. The maximum atomic E-state index is 13.8. The van der Waals surface area contributed by atoms with Gasteiger partial charge in [-0.3, -0.25) is 9.78 Å². The molecule has 0 saturated carbocycles. The van der Waals surface area contributed by atoms with Crippen LogP contribution >= 0.6 is 23.2 Å². The fourth-order valence-corrected chi connectivity index (χ4v) is 5.62. The number of amides is 1. The second-order valence-electron chi connectivity index (χ2n) is 10.5. The maximum Gasteiger partial charge on any atom is 0.229 e. The lowest BCUT2D eigenvalue weighted by atomic mass is 9.93. The summed E-state index contributed by atoms with van der Waals surface area (Å²) in [6, 6.07) is 10.8. The Kier molecular flexibility index (Phi) is 8.22. The summed E-state index contributed by atoms with van der Waals surface area (Å²) >= 11 is 12.2. The van der Waals surface area contributed by atoms with Gasteiger partial charge in [-0.15, -0.1) is 0 Å². The number of carbonyl (C=O) groups is 1. The molecule has 1 amide bonds. The summed E-state index contributed by atoms with van der Waals surface area (Å²) in [6.45, 7) is 1.17. The van der Waals surface area contributed by atoms with Crippen molar-refractivity contribution in [2.45, 2.75) is 32.1 Å². The lowest BCUT2D eigenvalue weighted by Gasteiger charge is -2.33. The number of nitrogens with zero attached hydrogens (tertiary/aromatic N) is 6. The number of piperidine rings is 1. The molecule has 0 spiro atoms. The van der Waals surface area contributed by atoms with Gasteiger partial charge in [0, 0.05) is 37.1 Å². The second-order valence-corrected chi connectivity index (χ2v) is 11.3. The van der Waals surface area contributed by atoms with E-state index in [1.54, 1.807) is 6.20 Å². The number of hydrogen-bond acceptors (Lipinski definition) is 9. The van der Waals surface area contributed by atoms with Crippen LogP contribution in [0.15, 0.2) is 48.9 Å². The Hall–Kier alpha value is -4.53. The molecule has 5 heterocycles. The number of pyridine rings is 2. The molecule has 1 aromatic carbocycles. The lowest BCUT2D eigenvalue weighted by Crippen LogP contribution is -2.36. The topological polar surface area (TPSA) is 132 Å². The van der Waals surface area contributed by atoms with E-state index in [1.807, 2.05) is 41.4 Å². The number of hydrogen-bond donors (Lipinski definition) is 3. The van der Waals surface area contributed by atoms with E-state index < -0.39 is 5.82 Å². The highest BCUT2D eigenvalue weighted by atomic mass is 35.5. The van der Waals surface area contributed by atoms with Crippen molar-refractivity contribution < 1.29 is 9.18 Å². The van der Waals surface area contributed by atoms with Gasteiger partial charge < -0.3 is 20.9 Å². The second kappa shape index (κ2) is 12.4. The fraction of sp³-hybridized carbons (Fsp3) is 0.267. The van der Waals surface area contributed by atoms with Gasteiger partial charge in [0.15, 0.2) is 16.8 Å². The minimum absolute atomic E-state index is 0.0738. The van der Waals surface area contributed by atoms with E-state index in [0.29, 0.717) is 55.0 Å². The van der Waals surface area contributed by atoms with E-state index in [2.05, 4.69) is 35.9 Å². The minimum atomic E-state index is -0.718. The third-order valence-electron chi connectivity index (χ3n) is 7.54. The highest BCUT2D eigenvalue weighted by Crippen LogP contribution is 2.31. The average molecular weight is 619 g/mol. The predicted molar refractivity (Wildman–Crippen MR) is 164 cm³/mol. The number of fused-ring (bicyclic) bond motifs is 6. The number of aryl methyl sites for hydroxylation is 2. The Balaban J connectivity index is 1.15. The highest BCUT2D eigenvalue weighted by molar-refractivity contribution is 6.33. The van der Waals surface area contributed by atoms with Crippen molar-refractivity contribution in [1.29, 1.82) is 5.26 Å². The largest absolute Gasteiger partial charge is 0.355 e. The molecule has 2 aliphatic heterocycles. The molecule has 0 radical (unpaired) electrons. The standard InChI is InChI=1S/C30H26Cl2FN9O/c31-23-16-36-30-38-22-9-18(14-35-15-22)1-2-19-11-21(37-28(23)41-30)3-4-25(19)39-26(43)10-17-5-7-42(8-6-17)29-20(13-34)12-24(33)27(32)40-29/h3-4,9,11-12,14-17H,1-2,5-8,10H2,(H,39,43)(H2,36,37,38,41). The van der Waals surface area contributed by atoms with Gasteiger partial charge in [-0.25, -0.2) is 14.4 Å². The van der Waals surface area contributed by atoms with Crippen molar-refractivity contribution in [3.05, 3.63) is 81.6 Å². The van der Waals surface area contributed by atoms with Gasteiger partial charge in [-0.1, -0.05) is 23.2 Å². The van der Waals surface area contributed by atoms with E-state index in [-0.39, 0.29) is 22.5 Å². The number of benzene rings is 1. The van der Waals surface area contributed by atoms with E-state index in [4.69, 9.17) is 23.2 Å². The van der Waals surface area contributed by atoms with Crippen molar-refractivity contribution in [2.75, 3.05) is 33.9 Å². The van der Waals surface area contributed by atoms with Gasteiger partial charge in [0.2, 0.25) is 11.9 Å². The molecular weight excluding hydrogens is 592 g/mol. The molecule has 2 aliphatic rings. The van der Waals surface area contributed by atoms with Gasteiger partial charge in [-0.2, -0.15) is 10.2 Å². The minimum Gasteiger partial charge on any atom is -0.355 e. The third-order valence-corrected chi connectivity index (χ3v) is 8.08. The number of rotatable bonds is 4. The molecule has 13 heteroatoms. The normalized spacial score (nSPS) is 14.7. The Morgan fingerprint density at radius 2 is 1.91 bits per heavy atom. The lowest BCUT2D eigenvalue weighted by molar-refractivity contribution is -0.117.